The maximum Gasteiger partial charge on any atom is 0.416 e. The summed E-state index contributed by atoms with van der Waals surface area (Å²) in [7, 11) is 0. The highest BCUT2D eigenvalue weighted by atomic mass is 19.4. The van der Waals surface area contributed by atoms with Crippen LogP contribution in [0.15, 0.2) is 60.9 Å². The summed E-state index contributed by atoms with van der Waals surface area (Å²) in [5.41, 5.74) is 6.71. The fraction of sp³-hybridized carbons (Fsp3) is 0.308. The summed E-state index contributed by atoms with van der Waals surface area (Å²) in [6.45, 7) is 6.34. The van der Waals surface area contributed by atoms with Crippen LogP contribution in [-0.2, 0) is 18.9 Å². The summed E-state index contributed by atoms with van der Waals surface area (Å²) in [4.78, 5) is 8.39. The standard InChI is InChI=1S/C15H12F3N3.C11H15F3N2/c1-2-21-13-9-11(15(16,17)18)3-4-12(13)20-14(21)10-5-7-19-8-6-10;1-3-7(2)16-10-5-4-8(6-9(10)15)11(12,13)14/h3-9H,2H2,1H3;4-7,16H,3,15H2,1-2H3. The van der Waals surface area contributed by atoms with Gasteiger partial charge in [0, 0.05) is 30.5 Å². The van der Waals surface area contributed by atoms with E-state index in [0.717, 1.165) is 36.2 Å². The van der Waals surface area contributed by atoms with E-state index in [1.54, 1.807) is 29.1 Å². The molecule has 0 aliphatic rings. The first-order valence-corrected chi connectivity index (χ1v) is 11.6. The molecule has 2 heterocycles. The van der Waals surface area contributed by atoms with Crippen molar-refractivity contribution in [3.63, 3.8) is 0 Å². The fourth-order valence-electron chi connectivity index (χ4n) is 3.58. The zero-order valence-corrected chi connectivity index (χ0v) is 20.5. The minimum Gasteiger partial charge on any atom is -0.397 e. The molecular formula is C26H27F6N5. The van der Waals surface area contributed by atoms with E-state index in [-0.39, 0.29) is 11.7 Å². The zero-order chi connectivity index (χ0) is 27.4. The second kappa shape index (κ2) is 11.1. The number of anilines is 2. The third-order valence-corrected chi connectivity index (χ3v) is 5.72. The smallest absolute Gasteiger partial charge is 0.397 e. The third kappa shape index (κ3) is 6.72. The molecule has 37 heavy (non-hydrogen) atoms. The molecular weight excluding hydrogens is 496 g/mol. The van der Waals surface area contributed by atoms with Crippen molar-refractivity contribution in [1.29, 1.82) is 0 Å². The molecule has 0 saturated heterocycles. The Kier molecular flexibility index (Phi) is 8.35. The van der Waals surface area contributed by atoms with Gasteiger partial charge >= 0.3 is 12.4 Å². The van der Waals surface area contributed by atoms with Gasteiger partial charge in [0.1, 0.15) is 5.82 Å². The summed E-state index contributed by atoms with van der Waals surface area (Å²) in [5, 5.41) is 3.05. The van der Waals surface area contributed by atoms with Gasteiger partial charge in [0.05, 0.1) is 33.5 Å². The molecule has 1 unspecified atom stereocenters. The van der Waals surface area contributed by atoms with Gasteiger partial charge in [-0.15, -0.1) is 0 Å². The van der Waals surface area contributed by atoms with Crippen LogP contribution in [0.1, 0.15) is 38.3 Å². The van der Waals surface area contributed by atoms with Crippen LogP contribution in [-0.4, -0.2) is 20.6 Å². The number of aromatic nitrogens is 3. The number of aryl methyl sites for hydroxylation is 1. The summed E-state index contributed by atoms with van der Waals surface area (Å²) < 4.78 is 77.4. The lowest BCUT2D eigenvalue weighted by atomic mass is 10.1. The second-order valence-corrected chi connectivity index (χ2v) is 8.37. The monoisotopic (exact) mass is 523 g/mol. The summed E-state index contributed by atoms with van der Waals surface area (Å²) in [6, 6.07) is 10.7. The Morgan fingerprint density at radius 2 is 1.49 bits per heavy atom. The van der Waals surface area contributed by atoms with Crippen LogP contribution in [0, 0.1) is 0 Å². The largest absolute Gasteiger partial charge is 0.416 e. The van der Waals surface area contributed by atoms with Crippen molar-refractivity contribution in [2.45, 2.75) is 52.1 Å². The van der Waals surface area contributed by atoms with Crippen molar-refractivity contribution in [2.24, 2.45) is 0 Å². The van der Waals surface area contributed by atoms with Crippen LogP contribution in [0.25, 0.3) is 22.4 Å². The van der Waals surface area contributed by atoms with Crippen LogP contribution >= 0.6 is 0 Å². The van der Waals surface area contributed by atoms with E-state index in [4.69, 9.17) is 5.73 Å². The minimum atomic E-state index is -4.35. The van der Waals surface area contributed by atoms with E-state index in [9.17, 15) is 26.3 Å². The number of rotatable bonds is 5. The van der Waals surface area contributed by atoms with Gasteiger partial charge in [-0.1, -0.05) is 6.92 Å². The molecule has 0 fully saturated rings. The highest BCUT2D eigenvalue weighted by molar-refractivity contribution is 5.81. The average Bonchev–Trinajstić information content (AvgIpc) is 3.23. The number of halogens is 6. The van der Waals surface area contributed by atoms with Crippen LogP contribution in [0.4, 0.5) is 37.7 Å². The van der Waals surface area contributed by atoms with E-state index in [1.807, 2.05) is 20.8 Å². The molecule has 1 atom stereocenters. The third-order valence-electron chi connectivity index (χ3n) is 5.72. The summed E-state index contributed by atoms with van der Waals surface area (Å²) >= 11 is 0. The van der Waals surface area contributed by atoms with E-state index < -0.39 is 23.5 Å². The van der Waals surface area contributed by atoms with Crippen LogP contribution in [0.2, 0.25) is 0 Å². The molecule has 11 heteroatoms. The van der Waals surface area contributed by atoms with Gasteiger partial charge < -0.3 is 15.6 Å². The van der Waals surface area contributed by atoms with Crippen molar-refractivity contribution in [2.75, 3.05) is 11.1 Å². The molecule has 0 bridgehead atoms. The van der Waals surface area contributed by atoms with Crippen LogP contribution < -0.4 is 11.1 Å². The van der Waals surface area contributed by atoms with Crippen molar-refractivity contribution in [3.05, 3.63) is 72.1 Å². The molecule has 0 saturated carbocycles. The highest BCUT2D eigenvalue weighted by Crippen LogP contribution is 2.34. The van der Waals surface area contributed by atoms with Gasteiger partial charge in [-0.25, -0.2) is 4.98 Å². The molecule has 4 rings (SSSR count). The molecule has 0 aliphatic heterocycles. The van der Waals surface area contributed by atoms with Gasteiger partial charge in [0.2, 0.25) is 0 Å². The summed E-state index contributed by atoms with van der Waals surface area (Å²) in [5.74, 6) is 0.647. The number of hydrogen-bond acceptors (Lipinski definition) is 4. The highest BCUT2D eigenvalue weighted by Gasteiger charge is 2.31. The number of benzene rings is 2. The Bertz CT molecular complexity index is 1330. The predicted octanol–water partition coefficient (Wildman–Crippen LogP) is 7.64. The quantitative estimate of drug-likeness (QED) is 0.208. The van der Waals surface area contributed by atoms with E-state index in [0.29, 0.717) is 29.1 Å². The first kappa shape index (κ1) is 27.8. The van der Waals surface area contributed by atoms with Crippen LogP contribution in [0.5, 0.6) is 0 Å². The Morgan fingerprint density at radius 1 is 0.892 bits per heavy atom. The lowest BCUT2D eigenvalue weighted by Gasteiger charge is -2.16. The van der Waals surface area contributed by atoms with Crippen LogP contribution in [0.3, 0.4) is 0 Å². The van der Waals surface area contributed by atoms with Gasteiger partial charge in [0.25, 0.3) is 0 Å². The van der Waals surface area contributed by atoms with Gasteiger partial charge in [-0.2, -0.15) is 26.3 Å². The lowest BCUT2D eigenvalue weighted by Crippen LogP contribution is -2.15. The lowest BCUT2D eigenvalue weighted by molar-refractivity contribution is -0.138. The zero-order valence-electron chi connectivity index (χ0n) is 20.5. The van der Waals surface area contributed by atoms with Gasteiger partial charge in [-0.3, -0.25) is 4.98 Å². The predicted molar refractivity (Wildman–Crippen MR) is 133 cm³/mol. The summed E-state index contributed by atoms with van der Waals surface area (Å²) in [6.07, 6.45) is -4.55. The van der Waals surface area contributed by atoms with Gasteiger partial charge in [0.15, 0.2) is 0 Å². The average molecular weight is 524 g/mol. The Balaban J connectivity index is 0.000000214. The Morgan fingerprint density at radius 3 is 2.03 bits per heavy atom. The number of alkyl halides is 6. The molecule has 198 valence electrons. The first-order valence-electron chi connectivity index (χ1n) is 11.6. The Labute approximate surface area is 210 Å². The number of imidazole rings is 1. The molecule has 0 amide bonds. The second-order valence-electron chi connectivity index (χ2n) is 8.37. The SMILES string of the molecule is CCC(C)Nc1ccc(C(F)(F)F)cc1N.CCn1c(-c2ccncc2)nc2ccc(C(F)(F)F)cc21. The number of nitrogens with two attached hydrogens (primary N) is 1. The number of pyridine rings is 1. The first-order chi connectivity index (χ1) is 17.3. The topological polar surface area (TPSA) is 68.8 Å². The number of nitrogens with zero attached hydrogens (tertiary/aromatic N) is 3. The number of nitrogen functional groups attached to an aromatic ring is 1. The normalized spacial score (nSPS) is 12.7. The maximum absolute atomic E-state index is 12.8. The van der Waals surface area contributed by atoms with Gasteiger partial charge in [-0.05, 0) is 68.8 Å². The van der Waals surface area contributed by atoms with Crippen molar-refractivity contribution >= 4 is 22.4 Å². The molecule has 5 nitrogen and oxygen atoms in total. The molecule has 0 radical (unpaired) electrons. The van der Waals surface area contributed by atoms with E-state index >= 15 is 0 Å². The van der Waals surface area contributed by atoms with E-state index in [2.05, 4.69) is 15.3 Å². The molecule has 4 aromatic rings. The molecule has 3 N–H and O–H groups in total. The number of nitrogens with one attached hydrogen (secondary N) is 1. The van der Waals surface area contributed by atoms with Crippen molar-refractivity contribution in [3.8, 4) is 11.4 Å². The maximum atomic E-state index is 12.8. The fourth-order valence-corrected chi connectivity index (χ4v) is 3.58. The number of hydrogen-bond donors (Lipinski definition) is 2. The molecule has 0 spiro atoms. The minimum absolute atomic E-state index is 0.120. The van der Waals surface area contributed by atoms with Crippen molar-refractivity contribution in [1.82, 2.24) is 14.5 Å². The van der Waals surface area contributed by atoms with Crippen molar-refractivity contribution < 1.29 is 26.3 Å². The Hall–Kier alpha value is -3.76. The molecule has 2 aromatic heterocycles. The van der Waals surface area contributed by atoms with E-state index in [1.165, 1.54) is 12.1 Å². The molecule has 0 aliphatic carbocycles. The molecule has 2 aromatic carbocycles. The number of fused-ring (bicyclic) bond motifs is 1.